The van der Waals surface area contributed by atoms with Crippen molar-refractivity contribution in [3.8, 4) is 22.6 Å². The molecule has 3 rings (SSSR count). The van der Waals surface area contributed by atoms with Crippen LogP contribution in [0.2, 0.25) is 5.02 Å². The molecule has 8 heteroatoms. The number of hydrogen-bond acceptors (Lipinski definition) is 5. The Kier molecular flexibility index (Phi) is 5.98. The fourth-order valence-electron chi connectivity index (χ4n) is 2.50. The van der Waals surface area contributed by atoms with Crippen molar-refractivity contribution in [2.75, 3.05) is 7.11 Å². The summed E-state index contributed by atoms with van der Waals surface area (Å²) in [5.74, 6) is 0.154. The van der Waals surface area contributed by atoms with Crippen LogP contribution < -0.4 is 10.9 Å². The van der Waals surface area contributed by atoms with Crippen LogP contribution in [0.15, 0.2) is 45.9 Å². The molecule has 3 aromatic rings. The molecule has 0 saturated heterocycles. The first-order valence-electron chi connectivity index (χ1n) is 8.56. The molecule has 0 fully saturated rings. The second-order valence-electron chi connectivity index (χ2n) is 6.70. The Balaban J connectivity index is 1.90. The molecule has 2 aromatic heterocycles. The molecule has 0 spiro atoms. The first kappa shape index (κ1) is 20.3. The summed E-state index contributed by atoms with van der Waals surface area (Å²) in [6, 6.07) is 8.69. The minimum atomic E-state index is -0.920. The first-order valence-corrected chi connectivity index (χ1v) is 9.88. The number of rotatable bonds is 6. The lowest BCUT2D eigenvalue weighted by Gasteiger charge is -2.21. The van der Waals surface area contributed by atoms with Crippen LogP contribution in [0.4, 0.5) is 0 Å². The van der Waals surface area contributed by atoms with Crippen molar-refractivity contribution in [3.63, 3.8) is 0 Å². The summed E-state index contributed by atoms with van der Waals surface area (Å²) in [6.07, 6.45) is 0. The lowest BCUT2D eigenvalue weighted by Crippen LogP contribution is -2.43. The van der Waals surface area contributed by atoms with Crippen LogP contribution in [0.3, 0.4) is 0 Å². The monoisotopic (exact) mass is 417 g/mol. The highest BCUT2D eigenvalue weighted by Crippen LogP contribution is 2.28. The molecule has 0 aliphatic rings. The first-order chi connectivity index (χ1) is 13.3. The number of aromatic amines is 1. The molecular weight excluding hydrogens is 398 g/mol. The molecule has 2 heterocycles. The molecule has 28 heavy (non-hydrogen) atoms. The highest BCUT2D eigenvalue weighted by Gasteiger charge is 2.26. The Labute approximate surface area is 171 Å². The molecule has 0 bridgehead atoms. The van der Waals surface area contributed by atoms with Gasteiger partial charge in [-0.3, -0.25) is 9.59 Å². The van der Waals surface area contributed by atoms with E-state index in [0.717, 1.165) is 11.1 Å². The maximum absolute atomic E-state index is 12.2. The van der Waals surface area contributed by atoms with E-state index in [1.165, 1.54) is 24.5 Å². The van der Waals surface area contributed by atoms with Gasteiger partial charge in [-0.2, -0.15) is 11.3 Å². The molecule has 0 unspecified atom stereocenters. The molecule has 0 radical (unpaired) electrons. The van der Waals surface area contributed by atoms with Gasteiger partial charge in [0.05, 0.1) is 10.7 Å². The number of hydrogen-bond donors (Lipinski definition) is 2. The number of benzene rings is 1. The Morgan fingerprint density at radius 1 is 1.32 bits per heavy atom. The third-order valence-electron chi connectivity index (χ3n) is 4.35. The fraction of sp³-hybridized carbons (Fsp3) is 0.250. The second kappa shape index (κ2) is 8.26. The van der Waals surface area contributed by atoms with Crippen molar-refractivity contribution < 1.29 is 9.53 Å². The summed E-state index contributed by atoms with van der Waals surface area (Å²) in [7, 11) is 1.49. The zero-order valence-electron chi connectivity index (χ0n) is 15.7. The maximum atomic E-state index is 12.2. The van der Waals surface area contributed by atoms with Gasteiger partial charge in [0, 0.05) is 36.2 Å². The van der Waals surface area contributed by atoms with E-state index in [1.54, 1.807) is 26.0 Å². The van der Waals surface area contributed by atoms with Gasteiger partial charge in [-0.25, -0.2) is 4.98 Å². The standard InChI is InChI=1S/C20H20ClN3O3S/c1-20(2,27-3)19(26)22-10-12-4-5-15(21)14(8-12)18-23-16(9-17(25)24-18)13-6-7-28-11-13/h4-9,11H,10H2,1-3H3,(H,22,26)(H,23,24,25). The number of aromatic nitrogens is 2. The zero-order valence-corrected chi connectivity index (χ0v) is 17.3. The number of halogens is 1. The second-order valence-corrected chi connectivity index (χ2v) is 7.89. The molecule has 0 saturated carbocycles. The third-order valence-corrected chi connectivity index (χ3v) is 5.37. The number of amides is 1. The van der Waals surface area contributed by atoms with Gasteiger partial charge in [-0.1, -0.05) is 17.7 Å². The normalized spacial score (nSPS) is 11.4. The van der Waals surface area contributed by atoms with Crippen molar-refractivity contribution in [2.45, 2.75) is 26.0 Å². The third kappa shape index (κ3) is 4.49. The van der Waals surface area contributed by atoms with E-state index in [-0.39, 0.29) is 11.5 Å². The van der Waals surface area contributed by atoms with E-state index in [2.05, 4.69) is 15.3 Å². The SMILES string of the molecule is COC(C)(C)C(=O)NCc1ccc(Cl)c(-c2nc(-c3ccsc3)cc(=O)[nH]2)c1. The molecular formula is C20H20ClN3O3S. The van der Waals surface area contributed by atoms with Crippen molar-refractivity contribution in [3.05, 3.63) is 62.0 Å². The number of nitrogens with zero attached hydrogens (tertiary/aromatic N) is 1. The number of ether oxygens (including phenoxy) is 1. The van der Waals surface area contributed by atoms with Gasteiger partial charge in [-0.15, -0.1) is 0 Å². The Morgan fingerprint density at radius 3 is 2.79 bits per heavy atom. The predicted molar refractivity (Wildman–Crippen MR) is 112 cm³/mol. The van der Waals surface area contributed by atoms with Crippen LogP contribution in [0.5, 0.6) is 0 Å². The number of nitrogens with one attached hydrogen (secondary N) is 2. The van der Waals surface area contributed by atoms with Crippen molar-refractivity contribution in [1.29, 1.82) is 0 Å². The fourth-order valence-corrected chi connectivity index (χ4v) is 3.35. The van der Waals surface area contributed by atoms with E-state index in [9.17, 15) is 9.59 Å². The van der Waals surface area contributed by atoms with Gasteiger partial charge in [0.15, 0.2) is 0 Å². The number of methoxy groups -OCH3 is 1. The Bertz CT molecular complexity index is 1050. The van der Waals surface area contributed by atoms with Gasteiger partial charge in [0.2, 0.25) is 0 Å². The lowest BCUT2D eigenvalue weighted by atomic mass is 10.1. The van der Waals surface area contributed by atoms with Gasteiger partial charge >= 0.3 is 0 Å². The highest BCUT2D eigenvalue weighted by molar-refractivity contribution is 7.08. The minimum Gasteiger partial charge on any atom is -0.369 e. The molecule has 0 atom stereocenters. The minimum absolute atomic E-state index is 0.225. The largest absolute Gasteiger partial charge is 0.369 e. The van der Waals surface area contributed by atoms with Crippen LogP contribution in [0.25, 0.3) is 22.6 Å². The van der Waals surface area contributed by atoms with Crippen LogP contribution in [0, 0.1) is 0 Å². The Hall–Kier alpha value is -2.48. The predicted octanol–water partition coefficient (Wildman–Crippen LogP) is 3.86. The summed E-state index contributed by atoms with van der Waals surface area (Å²) in [5, 5.41) is 7.15. The quantitative estimate of drug-likeness (QED) is 0.637. The Morgan fingerprint density at radius 2 is 2.11 bits per heavy atom. The summed E-state index contributed by atoms with van der Waals surface area (Å²) in [5.41, 5.74) is 1.69. The van der Waals surface area contributed by atoms with Crippen LogP contribution in [-0.4, -0.2) is 28.6 Å². The summed E-state index contributed by atoms with van der Waals surface area (Å²) < 4.78 is 5.18. The van der Waals surface area contributed by atoms with Gasteiger partial charge in [0.1, 0.15) is 11.4 Å². The number of carbonyl (C=O) groups is 1. The molecule has 6 nitrogen and oxygen atoms in total. The number of carbonyl (C=O) groups excluding carboxylic acids is 1. The van der Waals surface area contributed by atoms with Gasteiger partial charge < -0.3 is 15.0 Å². The van der Waals surface area contributed by atoms with Crippen molar-refractivity contribution in [1.82, 2.24) is 15.3 Å². The highest BCUT2D eigenvalue weighted by atomic mass is 35.5. The van der Waals surface area contributed by atoms with Crippen molar-refractivity contribution in [2.24, 2.45) is 0 Å². The number of H-pyrrole nitrogens is 1. The average molecular weight is 418 g/mol. The molecule has 146 valence electrons. The van der Waals surface area contributed by atoms with Crippen LogP contribution in [-0.2, 0) is 16.1 Å². The van der Waals surface area contributed by atoms with Gasteiger partial charge in [0.25, 0.3) is 11.5 Å². The topological polar surface area (TPSA) is 84.1 Å². The van der Waals surface area contributed by atoms with E-state index in [4.69, 9.17) is 16.3 Å². The van der Waals surface area contributed by atoms with Crippen LogP contribution in [0.1, 0.15) is 19.4 Å². The summed E-state index contributed by atoms with van der Waals surface area (Å²) >= 11 is 7.88. The maximum Gasteiger partial charge on any atom is 0.251 e. The van der Waals surface area contributed by atoms with E-state index < -0.39 is 5.60 Å². The molecule has 0 aliphatic carbocycles. The van der Waals surface area contributed by atoms with Crippen molar-refractivity contribution >= 4 is 28.8 Å². The zero-order chi connectivity index (χ0) is 20.3. The van der Waals surface area contributed by atoms with E-state index in [1.807, 2.05) is 22.9 Å². The number of thiophene rings is 1. The lowest BCUT2D eigenvalue weighted by molar-refractivity contribution is -0.139. The summed E-state index contributed by atoms with van der Waals surface area (Å²) in [6.45, 7) is 3.69. The molecule has 2 N–H and O–H groups in total. The molecule has 1 aromatic carbocycles. The van der Waals surface area contributed by atoms with Crippen LogP contribution >= 0.6 is 22.9 Å². The van der Waals surface area contributed by atoms with E-state index >= 15 is 0 Å². The molecule has 0 aliphatic heterocycles. The van der Waals surface area contributed by atoms with E-state index in [0.29, 0.717) is 28.6 Å². The smallest absolute Gasteiger partial charge is 0.251 e. The summed E-state index contributed by atoms with van der Waals surface area (Å²) in [4.78, 5) is 31.6. The molecule has 1 amide bonds. The van der Waals surface area contributed by atoms with Gasteiger partial charge in [-0.05, 0) is 43.0 Å². The average Bonchev–Trinajstić information content (AvgIpc) is 3.21.